The molecule has 86 valence electrons. The van der Waals surface area contributed by atoms with Gasteiger partial charge in [-0.2, -0.15) is 0 Å². The van der Waals surface area contributed by atoms with Gasteiger partial charge in [-0.15, -0.1) is 0 Å². The van der Waals surface area contributed by atoms with E-state index in [1.807, 2.05) is 0 Å². The average molecular weight is 229 g/mol. The zero-order valence-corrected chi connectivity index (χ0v) is 10.1. The fourth-order valence-corrected chi connectivity index (χ4v) is 3.84. The monoisotopic (exact) mass is 228 g/mol. The van der Waals surface area contributed by atoms with Crippen molar-refractivity contribution >= 4 is 16.8 Å². The molecule has 0 aromatic heterocycles. The first-order chi connectivity index (χ1) is 7.27. The van der Waals surface area contributed by atoms with Gasteiger partial charge < -0.3 is 0 Å². The Morgan fingerprint density at radius 3 is 2.60 bits per heavy atom. The van der Waals surface area contributed by atoms with Crippen LogP contribution in [0, 0.1) is 17.8 Å². The van der Waals surface area contributed by atoms with Gasteiger partial charge in [0.15, 0.2) is 0 Å². The quantitative estimate of drug-likeness (QED) is 0.664. The molecule has 0 amide bonds. The highest BCUT2D eigenvalue weighted by Crippen LogP contribution is 2.45. The van der Waals surface area contributed by atoms with Crippen molar-refractivity contribution in [3.8, 4) is 0 Å². The number of rotatable bonds is 3. The lowest BCUT2D eigenvalue weighted by atomic mass is 9.64. The molecule has 0 bridgehead atoms. The fourth-order valence-electron chi connectivity index (χ4n) is 3.73. The van der Waals surface area contributed by atoms with Crippen molar-refractivity contribution in [3.05, 3.63) is 0 Å². The van der Waals surface area contributed by atoms with E-state index in [1.165, 1.54) is 44.9 Å². The molecule has 0 radical (unpaired) electrons. The van der Waals surface area contributed by atoms with Crippen LogP contribution in [0.1, 0.15) is 57.8 Å². The van der Waals surface area contributed by atoms with E-state index in [0.717, 1.165) is 24.2 Å². The lowest BCUT2D eigenvalue weighted by Gasteiger charge is -2.41. The van der Waals surface area contributed by atoms with Gasteiger partial charge in [0.05, 0.1) is 0 Å². The van der Waals surface area contributed by atoms with Crippen LogP contribution in [-0.2, 0) is 4.79 Å². The fraction of sp³-hybridized carbons (Fsp3) is 0.923. The number of hydrogen-bond donors (Lipinski definition) is 0. The number of fused-ring (bicyclic) bond motifs is 1. The molecule has 0 N–H and O–H groups in total. The maximum atomic E-state index is 10.8. The Balaban J connectivity index is 1.88. The second kappa shape index (κ2) is 5.34. The van der Waals surface area contributed by atoms with Crippen LogP contribution in [-0.4, -0.2) is 5.24 Å². The molecule has 0 saturated heterocycles. The molecule has 2 rings (SSSR count). The van der Waals surface area contributed by atoms with Crippen LogP contribution in [0.5, 0.6) is 0 Å². The van der Waals surface area contributed by atoms with Crippen LogP contribution < -0.4 is 0 Å². The highest BCUT2D eigenvalue weighted by Gasteiger charge is 2.34. The van der Waals surface area contributed by atoms with Gasteiger partial charge in [0.2, 0.25) is 5.24 Å². The predicted octanol–water partition coefficient (Wildman–Crippen LogP) is 4.14. The Morgan fingerprint density at radius 2 is 1.80 bits per heavy atom. The lowest BCUT2D eigenvalue weighted by molar-refractivity contribution is -0.112. The van der Waals surface area contributed by atoms with Crippen molar-refractivity contribution in [2.75, 3.05) is 0 Å². The minimum absolute atomic E-state index is 0.145. The average Bonchev–Trinajstić information content (AvgIpc) is 2.26. The van der Waals surface area contributed by atoms with Crippen molar-refractivity contribution in [3.63, 3.8) is 0 Å². The van der Waals surface area contributed by atoms with E-state index in [9.17, 15) is 4.79 Å². The largest absolute Gasteiger partial charge is 0.281 e. The van der Waals surface area contributed by atoms with E-state index in [4.69, 9.17) is 11.6 Å². The molecular weight excluding hydrogens is 208 g/mol. The highest BCUT2D eigenvalue weighted by molar-refractivity contribution is 6.63. The maximum Gasteiger partial charge on any atom is 0.221 e. The normalized spacial score (nSPS) is 35.9. The van der Waals surface area contributed by atoms with Crippen LogP contribution in [0.25, 0.3) is 0 Å². The minimum atomic E-state index is -0.145. The molecule has 3 atom stereocenters. The zero-order valence-electron chi connectivity index (χ0n) is 9.38. The van der Waals surface area contributed by atoms with Crippen molar-refractivity contribution < 1.29 is 4.79 Å². The van der Waals surface area contributed by atoms with Crippen LogP contribution >= 0.6 is 11.6 Å². The van der Waals surface area contributed by atoms with E-state index >= 15 is 0 Å². The van der Waals surface area contributed by atoms with Crippen LogP contribution in [0.3, 0.4) is 0 Å². The van der Waals surface area contributed by atoms with E-state index in [0.29, 0.717) is 6.42 Å². The van der Waals surface area contributed by atoms with Gasteiger partial charge in [-0.3, -0.25) is 4.79 Å². The van der Waals surface area contributed by atoms with Gasteiger partial charge in [-0.05, 0) is 42.2 Å². The van der Waals surface area contributed by atoms with Gasteiger partial charge in [0.1, 0.15) is 0 Å². The summed E-state index contributed by atoms with van der Waals surface area (Å²) in [7, 11) is 0. The summed E-state index contributed by atoms with van der Waals surface area (Å²) in [6.45, 7) is 0. The maximum absolute atomic E-state index is 10.8. The topological polar surface area (TPSA) is 17.1 Å². The summed E-state index contributed by atoms with van der Waals surface area (Å²) in [6, 6.07) is 0. The van der Waals surface area contributed by atoms with E-state index in [-0.39, 0.29) is 5.24 Å². The van der Waals surface area contributed by atoms with Gasteiger partial charge in [-0.1, -0.05) is 38.5 Å². The molecule has 0 aromatic carbocycles. The second-order valence-corrected chi connectivity index (χ2v) is 5.71. The molecule has 2 heteroatoms. The number of halogens is 1. The predicted molar refractivity (Wildman–Crippen MR) is 62.9 cm³/mol. The summed E-state index contributed by atoms with van der Waals surface area (Å²) in [4.78, 5) is 10.8. The van der Waals surface area contributed by atoms with Gasteiger partial charge in [0, 0.05) is 6.42 Å². The van der Waals surface area contributed by atoms with Crippen molar-refractivity contribution in [2.24, 2.45) is 17.8 Å². The third-order valence-electron chi connectivity index (χ3n) is 4.43. The summed E-state index contributed by atoms with van der Waals surface area (Å²) in [6.07, 6.45) is 11.5. The standard InChI is InChI=1S/C13H21ClO/c14-13(15)9-8-11-6-3-5-10-4-1-2-7-12(10)11/h10-12H,1-9H2/t10-,11-,12-/m1/s1. The molecule has 2 saturated carbocycles. The van der Waals surface area contributed by atoms with Gasteiger partial charge in [-0.25, -0.2) is 0 Å². The number of carbonyl (C=O) groups excluding carboxylic acids is 1. The molecule has 2 fully saturated rings. The van der Waals surface area contributed by atoms with E-state index in [2.05, 4.69) is 0 Å². The summed E-state index contributed by atoms with van der Waals surface area (Å²) in [5.41, 5.74) is 0. The summed E-state index contributed by atoms with van der Waals surface area (Å²) >= 11 is 5.43. The van der Waals surface area contributed by atoms with Gasteiger partial charge >= 0.3 is 0 Å². The molecule has 15 heavy (non-hydrogen) atoms. The minimum Gasteiger partial charge on any atom is -0.281 e. The lowest BCUT2D eigenvalue weighted by Crippen LogP contribution is -2.31. The molecule has 0 spiro atoms. The Hall–Kier alpha value is -0.0400. The van der Waals surface area contributed by atoms with Gasteiger partial charge in [0.25, 0.3) is 0 Å². The molecule has 2 aliphatic rings. The Labute approximate surface area is 97.6 Å². The second-order valence-electron chi connectivity index (χ2n) is 5.29. The summed E-state index contributed by atoms with van der Waals surface area (Å²) < 4.78 is 0. The molecule has 0 unspecified atom stereocenters. The first-order valence-electron chi connectivity index (χ1n) is 6.45. The summed E-state index contributed by atoms with van der Waals surface area (Å²) in [5, 5.41) is -0.145. The van der Waals surface area contributed by atoms with Crippen molar-refractivity contribution in [1.82, 2.24) is 0 Å². The molecule has 0 aliphatic heterocycles. The zero-order chi connectivity index (χ0) is 10.7. The van der Waals surface area contributed by atoms with Crippen molar-refractivity contribution in [1.29, 1.82) is 0 Å². The van der Waals surface area contributed by atoms with E-state index < -0.39 is 0 Å². The third-order valence-corrected chi connectivity index (χ3v) is 4.62. The summed E-state index contributed by atoms with van der Waals surface area (Å²) in [5.74, 6) is 2.69. The molecule has 2 aliphatic carbocycles. The Kier molecular flexibility index (Phi) is 4.07. The molecule has 1 nitrogen and oxygen atoms in total. The third kappa shape index (κ3) is 2.96. The highest BCUT2D eigenvalue weighted by atomic mass is 35.5. The van der Waals surface area contributed by atoms with Crippen LogP contribution in [0.15, 0.2) is 0 Å². The SMILES string of the molecule is O=C(Cl)CC[C@H]1CCC[C@H]2CCCC[C@H]21. The molecular formula is C13H21ClO. The van der Waals surface area contributed by atoms with Crippen LogP contribution in [0.2, 0.25) is 0 Å². The van der Waals surface area contributed by atoms with Crippen LogP contribution in [0.4, 0.5) is 0 Å². The molecule has 0 heterocycles. The Bertz CT molecular complexity index is 225. The number of hydrogen-bond acceptors (Lipinski definition) is 1. The van der Waals surface area contributed by atoms with Crippen molar-refractivity contribution in [2.45, 2.75) is 57.8 Å². The number of carbonyl (C=O) groups is 1. The molecule has 0 aromatic rings. The first-order valence-corrected chi connectivity index (χ1v) is 6.83. The first kappa shape index (κ1) is 11.4. The van der Waals surface area contributed by atoms with E-state index in [1.54, 1.807) is 0 Å². The smallest absolute Gasteiger partial charge is 0.221 e. The Morgan fingerprint density at radius 1 is 1.07 bits per heavy atom.